The monoisotopic (exact) mass is 296 g/mol. The second-order valence-corrected chi connectivity index (χ2v) is 6.06. The van der Waals surface area contributed by atoms with Crippen LogP contribution in [0.5, 0.6) is 0 Å². The number of hydrogen-bond acceptors (Lipinski definition) is 2. The van der Waals surface area contributed by atoms with Gasteiger partial charge in [-0.05, 0) is 37.0 Å². The first kappa shape index (κ1) is 12.7. The van der Waals surface area contributed by atoms with Crippen LogP contribution in [0.1, 0.15) is 32.6 Å². The average molecular weight is 297 g/mol. The highest BCUT2D eigenvalue weighted by Crippen LogP contribution is 2.33. The lowest BCUT2D eigenvalue weighted by Crippen LogP contribution is -2.39. The largest absolute Gasteiger partial charge is 0.397 e. The molecule has 0 spiro atoms. The van der Waals surface area contributed by atoms with Crippen LogP contribution >= 0.6 is 15.9 Å². The summed E-state index contributed by atoms with van der Waals surface area (Å²) in [4.78, 5) is 2.37. The number of nitrogens with zero attached hydrogens (tertiary/aromatic N) is 1. The summed E-state index contributed by atoms with van der Waals surface area (Å²) in [6.45, 7) is 2.36. The molecule has 1 aromatic rings. The standard InChI is InChI=1S/C14H21BrN2/c1-10-5-3-4-6-13(10)17(2)14-8-7-11(15)9-12(14)16/h7-10,13H,3-6,16H2,1-2H3. The topological polar surface area (TPSA) is 29.3 Å². The van der Waals surface area contributed by atoms with Crippen molar-refractivity contribution in [3.8, 4) is 0 Å². The first-order valence-electron chi connectivity index (χ1n) is 6.37. The van der Waals surface area contributed by atoms with Crippen LogP contribution in [-0.2, 0) is 0 Å². The second-order valence-electron chi connectivity index (χ2n) is 5.14. The summed E-state index contributed by atoms with van der Waals surface area (Å²) in [6, 6.07) is 6.79. The van der Waals surface area contributed by atoms with Crippen LogP contribution in [0.2, 0.25) is 0 Å². The molecule has 17 heavy (non-hydrogen) atoms. The van der Waals surface area contributed by atoms with E-state index < -0.39 is 0 Å². The summed E-state index contributed by atoms with van der Waals surface area (Å²) in [5, 5.41) is 0. The number of halogens is 1. The lowest BCUT2D eigenvalue weighted by Gasteiger charge is -2.38. The fraction of sp³-hybridized carbons (Fsp3) is 0.571. The first-order valence-corrected chi connectivity index (χ1v) is 7.16. The molecule has 1 fully saturated rings. The molecule has 0 amide bonds. The zero-order valence-electron chi connectivity index (χ0n) is 10.6. The van der Waals surface area contributed by atoms with Gasteiger partial charge in [0.2, 0.25) is 0 Å². The summed E-state index contributed by atoms with van der Waals surface area (Å²) in [5.41, 5.74) is 8.12. The van der Waals surface area contributed by atoms with E-state index in [0.29, 0.717) is 6.04 Å². The maximum Gasteiger partial charge on any atom is 0.0600 e. The Kier molecular flexibility index (Phi) is 3.97. The van der Waals surface area contributed by atoms with Gasteiger partial charge in [-0.1, -0.05) is 35.7 Å². The zero-order valence-corrected chi connectivity index (χ0v) is 12.2. The molecule has 1 aromatic carbocycles. The Balaban J connectivity index is 2.20. The molecule has 0 aromatic heterocycles. The Morgan fingerprint density at radius 1 is 1.29 bits per heavy atom. The SMILES string of the molecule is CC1CCCCC1N(C)c1ccc(Br)cc1N. The fourth-order valence-corrected chi connectivity index (χ4v) is 3.28. The van der Waals surface area contributed by atoms with Gasteiger partial charge in [0.25, 0.3) is 0 Å². The maximum absolute atomic E-state index is 6.10. The minimum atomic E-state index is 0.632. The molecule has 1 saturated carbocycles. The Bertz CT molecular complexity index is 392. The van der Waals surface area contributed by atoms with Crippen LogP contribution in [0.3, 0.4) is 0 Å². The maximum atomic E-state index is 6.10. The first-order chi connectivity index (χ1) is 8.09. The predicted molar refractivity (Wildman–Crippen MR) is 78.4 cm³/mol. The van der Waals surface area contributed by atoms with E-state index in [1.807, 2.05) is 6.07 Å². The molecule has 94 valence electrons. The predicted octanol–water partition coefficient (Wildman–Crippen LogP) is 4.05. The van der Waals surface area contributed by atoms with Crippen LogP contribution in [-0.4, -0.2) is 13.1 Å². The summed E-state index contributed by atoms with van der Waals surface area (Å²) >= 11 is 3.45. The van der Waals surface area contributed by atoms with Gasteiger partial charge in [-0.2, -0.15) is 0 Å². The molecular formula is C14H21BrN2. The van der Waals surface area contributed by atoms with E-state index in [1.54, 1.807) is 0 Å². The van der Waals surface area contributed by atoms with Gasteiger partial charge in [0.1, 0.15) is 0 Å². The molecule has 0 radical (unpaired) electrons. The number of nitrogen functional groups attached to an aromatic ring is 1. The molecule has 2 rings (SSSR count). The number of nitrogens with two attached hydrogens (primary N) is 1. The van der Waals surface area contributed by atoms with Gasteiger partial charge in [0, 0.05) is 17.6 Å². The van der Waals surface area contributed by atoms with E-state index in [2.05, 4.69) is 46.9 Å². The molecule has 1 aliphatic carbocycles. The highest BCUT2D eigenvalue weighted by Gasteiger charge is 2.25. The molecule has 2 unspecified atom stereocenters. The van der Waals surface area contributed by atoms with Gasteiger partial charge in [0.15, 0.2) is 0 Å². The smallest absolute Gasteiger partial charge is 0.0600 e. The molecular weight excluding hydrogens is 276 g/mol. The van der Waals surface area contributed by atoms with Crippen LogP contribution in [0.15, 0.2) is 22.7 Å². The molecule has 3 heteroatoms. The quantitative estimate of drug-likeness (QED) is 0.835. The van der Waals surface area contributed by atoms with Crippen LogP contribution in [0.25, 0.3) is 0 Å². The van der Waals surface area contributed by atoms with Crippen molar-refractivity contribution in [3.63, 3.8) is 0 Å². The van der Waals surface area contributed by atoms with Gasteiger partial charge in [-0.25, -0.2) is 0 Å². The van der Waals surface area contributed by atoms with Gasteiger partial charge >= 0.3 is 0 Å². The molecule has 2 atom stereocenters. The Hall–Kier alpha value is -0.700. The number of anilines is 2. The van der Waals surface area contributed by atoms with Crippen molar-refractivity contribution in [2.45, 2.75) is 38.6 Å². The highest BCUT2D eigenvalue weighted by atomic mass is 79.9. The number of benzene rings is 1. The van der Waals surface area contributed by atoms with Crippen molar-refractivity contribution < 1.29 is 0 Å². The van der Waals surface area contributed by atoms with Crippen molar-refractivity contribution in [2.75, 3.05) is 17.7 Å². The number of hydrogen-bond donors (Lipinski definition) is 1. The molecule has 0 aliphatic heterocycles. The van der Waals surface area contributed by atoms with E-state index >= 15 is 0 Å². The van der Waals surface area contributed by atoms with Crippen molar-refractivity contribution >= 4 is 27.3 Å². The summed E-state index contributed by atoms with van der Waals surface area (Å²) in [5.74, 6) is 0.761. The molecule has 2 N–H and O–H groups in total. The van der Waals surface area contributed by atoms with Crippen LogP contribution in [0, 0.1) is 5.92 Å². The third kappa shape index (κ3) is 2.76. The minimum absolute atomic E-state index is 0.632. The summed E-state index contributed by atoms with van der Waals surface area (Å²) < 4.78 is 1.05. The van der Waals surface area contributed by atoms with Gasteiger partial charge < -0.3 is 10.6 Å². The molecule has 0 heterocycles. The molecule has 1 aliphatic rings. The van der Waals surface area contributed by atoms with Crippen molar-refractivity contribution in [1.29, 1.82) is 0 Å². The Labute approximate surface area is 112 Å². The lowest BCUT2D eigenvalue weighted by atomic mass is 9.85. The molecule has 2 nitrogen and oxygen atoms in total. The lowest BCUT2D eigenvalue weighted by molar-refractivity contribution is 0.322. The van der Waals surface area contributed by atoms with E-state index in [9.17, 15) is 0 Å². The van der Waals surface area contributed by atoms with Crippen LogP contribution in [0.4, 0.5) is 11.4 Å². The van der Waals surface area contributed by atoms with E-state index in [1.165, 1.54) is 25.7 Å². The normalized spacial score (nSPS) is 24.6. The highest BCUT2D eigenvalue weighted by molar-refractivity contribution is 9.10. The van der Waals surface area contributed by atoms with Crippen molar-refractivity contribution in [1.82, 2.24) is 0 Å². The molecule has 0 saturated heterocycles. The molecule has 0 bridgehead atoms. The second kappa shape index (κ2) is 5.30. The van der Waals surface area contributed by atoms with Crippen molar-refractivity contribution in [2.24, 2.45) is 5.92 Å². The number of rotatable bonds is 2. The Morgan fingerprint density at radius 3 is 2.65 bits per heavy atom. The zero-order chi connectivity index (χ0) is 12.4. The van der Waals surface area contributed by atoms with Crippen molar-refractivity contribution in [3.05, 3.63) is 22.7 Å². The minimum Gasteiger partial charge on any atom is -0.397 e. The summed E-state index contributed by atoms with van der Waals surface area (Å²) in [6.07, 6.45) is 5.34. The summed E-state index contributed by atoms with van der Waals surface area (Å²) in [7, 11) is 2.17. The van der Waals surface area contributed by atoms with Gasteiger partial charge in [0.05, 0.1) is 11.4 Å². The van der Waals surface area contributed by atoms with Gasteiger partial charge in [-0.15, -0.1) is 0 Å². The third-order valence-corrected chi connectivity index (χ3v) is 4.43. The van der Waals surface area contributed by atoms with Gasteiger partial charge in [-0.3, -0.25) is 0 Å². The van der Waals surface area contributed by atoms with Crippen LogP contribution < -0.4 is 10.6 Å². The average Bonchev–Trinajstić information content (AvgIpc) is 2.29. The van der Waals surface area contributed by atoms with E-state index in [-0.39, 0.29) is 0 Å². The third-order valence-electron chi connectivity index (χ3n) is 3.93. The Morgan fingerprint density at radius 2 is 2.00 bits per heavy atom. The van der Waals surface area contributed by atoms with E-state index in [0.717, 1.165) is 21.8 Å². The van der Waals surface area contributed by atoms with E-state index in [4.69, 9.17) is 5.73 Å². The fourth-order valence-electron chi connectivity index (χ4n) is 2.90.